The van der Waals surface area contributed by atoms with Crippen molar-refractivity contribution in [1.29, 1.82) is 0 Å². The maximum atomic E-state index is 13.8. The third-order valence-corrected chi connectivity index (χ3v) is 3.60. The zero-order valence-corrected chi connectivity index (χ0v) is 11.8. The second kappa shape index (κ2) is 5.69. The monoisotopic (exact) mass is 310 g/mol. The molecule has 1 aromatic carbocycles. The van der Waals surface area contributed by atoms with E-state index in [1.165, 1.54) is 22.0 Å². The summed E-state index contributed by atoms with van der Waals surface area (Å²) >= 11 is 6.01. The molecular weight excluding hydrogens is 299 g/mol. The van der Waals surface area contributed by atoms with E-state index in [4.69, 9.17) is 16.3 Å². The molecule has 3 rings (SSSR count). The summed E-state index contributed by atoms with van der Waals surface area (Å²) < 4.78 is 20.2. The highest BCUT2D eigenvalue weighted by Gasteiger charge is 2.24. The minimum atomic E-state index is -0.399. The summed E-state index contributed by atoms with van der Waals surface area (Å²) in [6.07, 6.45) is 0.986. The number of carbonyl (C=O) groups is 1. The molecule has 1 saturated heterocycles. The van der Waals surface area contributed by atoms with Crippen LogP contribution < -0.4 is 0 Å². The highest BCUT2D eigenvalue weighted by atomic mass is 35.5. The summed E-state index contributed by atoms with van der Waals surface area (Å²) in [4.78, 5) is 17.1. The lowest BCUT2D eigenvalue weighted by atomic mass is 10.2. The maximum absolute atomic E-state index is 13.8. The number of nitrogens with zero attached hydrogens (tertiary/aromatic N) is 4. The van der Waals surface area contributed by atoms with Crippen LogP contribution in [0.2, 0.25) is 5.02 Å². The SMILES string of the molecule is O=C1OCCN1Cc1ncnn1Cc1c(F)cccc1Cl. The Bertz CT molecular complexity index is 656. The number of ether oxygens (including phenoxy) is 1. The van der Waals surface area contributed by atoms with Crippen LogP contribution in [0.1, 0.15) is 11.4 Å². The van der Waals surface area contributed by atoms with Gasteiger partial charge in [0.2, 0.25) is 0 Å². The Balaban J connectivity index is 1.81. The van der Waals surface area contributed by atoms with Gasteiger partial charge in [-0.2, -0.15) is 5.10 Å². The molecule has 1 aliphatic rings. The molecule has 2 aromatic rings. The van der Waals surface area contributed by atoms with E-state index in [9.17, 15) is 9.18 Å². The smallest absolute Gasteiger partial charge is 0.410 e. The van der Waals surface area contributed by atoms with E-state index in [1.54, 1.807) is 12.1 Å². The van der Waals surface area contributed by atoms with Gasteiger partial charge in [0.05, 0.1) is 19.6 Å². The molecule has 0 bridgehead atoms. The van der Waals surface area contributed by atoms with E-state index in [-0.39, 0.29) is 19.2 Å². The van der Waals surface area contributed by atoms with E-state index in [2.05, 4.69) is 10.1 Å². The normalized spacial score (nSPS) is 14.6. The van der Waals surface area contributed by atoms with Crippen LogP contribution in [0, 0.1) is 5.82 Å². The van der Waals surface area contributed by atoms with Crippen molar-refractivity contribution < 1.29 is 13.9 Å². The number of hydrogen-bond donors (Lipinski definition) is 0. The molecule has 1 fully saturated rings. The Hall–Kier alpha value is -2.15. The predicted molar refractivity (Wildman–Crippen MR) is 72.3 cm³/mol. The number of halogens is 2. The highest BCUT2D eigenvalue weighted by Crippen LogP contribution is 2.20. The molecule has 0 spiro atoms. The van der Waals surface area contributed by atoms with Crippen LogP contribution in [0.5, 0.6) is 0 Å². The van der Waals surface area contributed by atoms with Crippen molar-refractivity contribution in [3.63, 3.8) is 0 Å². The van der Waals surface area contributed by atoms with Gasteiger partial charge in [-0.3, -0.25) is 4.90 Å². The maximum Gasteiger partial charge on any atom is 0.410 e. The van der Waals surface area contributed by atoms with Gasteiger partial charge < -0.3 is 4.74 Å². The van der Waals surface area contributed by atoms with E-state index in [0.29, 0.717) is 29.6 Å². The first-order valence-electron chi connectivity index (χ1n) is 6.36. The molecule has 0 radical (unpaired) electrons. The summed E-state index contributed by atoms with van der Waals surface area (Å²) in [5.41, 5.74) is 0.343. The first kappa shape index (κ1) is 13.8. The first-order valence-corrected chi connectivity index (χ1v) is 6.74. The second-order valence-corrected chi connectivity index (χ2v) is 4.98. The van der Waals surface area contributed by atoms with Gasteiger partial charge in [0.15, 0.2) is 0 Å². The number of benzene rings is 1. The number of amides is 1. The van der Waals surface area contributed by atoms with E-state index < -0.39 is 5.82 Å². The summed E-state index contributed by atoms with van der Waals surface area (Å²) in [6, 6.07) is 4.51. The average molecular weight is 311 g/mol. The zero-order valence-electron chi connectivity index (χ0n) is 11.0. The Morgan fingerprint density at radius 1 is 1.38 bits per heavy atom. The Labute approximate surface area is 125 Å². The van der Waals surface area contributed by atoms with Crippen LogP contribution in [0.4, 0.5) is 9.18 Å². The molecule has 0 aliphatic carbocycles. The number of carbonyl (C=O) groups excluding carboxylic acids is 1. The van der Waals surface area contributed by atoms with Gasteiger partial charge in [-0.15, -0.1) is 0 Å². The highest BCUT2D eigenvalue weighted by molar-refractivity contribution is 6.31. The molecule has 0 unspecified atom stereocenters. The van der Waals surface area contributed by atoms with Crippen molar-refractivity contribution in [1.82, 2.24) is 19.7 Å². The van der Waals surface area contributed by atoms with Gasteiger partial charge in [-0.25, -0.2) is 18.9 Å². The summed E-state index contributed by atoms with van der Waals surface area (Å²) in [5, 5.41) is 4.39. The Morgan fingerprint density at radius 2 is 2.24 bits per heavy atom. The lowest BCUT2D eigenvalue weighted by Crippen LogP contribution is -2.26. The number of rotatable bonds is 4. The number of aromatic nitrogens is 3. The van der Waals surface area contributed by atoms with Crippen LogP contribution in [-0.4, -0.2) is 38.9 Å². The zero-order chi connectivity index (χ0) is 14.8. The minimum absolute atomic E-state index is 0.156. The summed E-state index contributed by atoms with van der Waals surface area (Å²) in [6.45, 7) is 1.30. The predicted octanol–water partition coefficient (Wildman–Crippen LogP) is 2.07. The van der Waals surface area contributed by atoms with Crippen molar-refractivity contribution in [2.75, 3.05) is 13.2 Å². The molecule has 21 heavy (non-hydrogen) atoms. The van der Waals surface area contributed by atoms with E-state index in [0.717, 1.165) is 0 Å². The quantitative estimate of drug-likeness (QED) is 0.867. The molecule has 8 heteroatoms. The molecule has 0 atom stereocenters. The number of hydrogen-bond acceptors (Lipinski definition) is 4. The topological polar surface area (TPSA) is 60.2 Å². The van der Waals surface area contributed by atoms with Crippen LogP contribution >= 0.6 is 11.6 Å². The lowest BCUT2D eigenvalue weighted by Gasteiger charge is -2.13. The molecule has 110 valence electrons. The Morgan fingerprint density at radius 3 is 2.95 bits per heavy atom. The van der Waals surface area contributed by atoms with Gasteiger partial charge >= 0.3 is 6.09 Å². The van der Waals surface area contributed by atoms with Gasteiger partial charge in [0.1, 0.15) is 24.6 Å². The van der Waals surface area contributed by atoms with Crippen LogP contribution in [0.3, 0.4) is 0 Å². The third-order valence-electron chi connectivity index (χ3n) is 3.24. The van der Waals surface area contributed by atoms with Crippen molar-refractivity contribution in [3.05, 3.63) is 46.8 Å². The largest absolute Gasteiger partial charge is 0.448 e. The van der Waals surface area contributed by atoms with Crippen molar-refractivity contribution in [3.8, 4) is 0 Å². The van der Waals surface area contributed by atoms with Crippen LogP contribution in [-0.2, 0) is 17.8 Å². The molecule has 1 aromatic heterocycles. The Kier molecular flexibility index (Phi) is 3.74. The van der Waals surface area contributed by atoms with Gasteiger partial charge in [-0.1, -0.05) is 17.7 Å². The molecule has 1 amide bonds. The van der Waals surface area contributed by atoms with Crippen LogP contribution in [0.25, 0.3) is 0 Å². The fourth-order valence-corrected chi connectivity index (χ4v) is 2.34. The van der Waals surface area contributed by atoms with Crippen molar-refractivity contribution in [2.45, 2.75) is 13.1 Å². The van der Waals surface area contributed by atoms with Gasteiger partial charge in [-0.05, 0) is 12.1 Å². The third kappa shape index (κ3) is 2.82. The lowest BCUT2D eigenvalue weighted by molar-refractivity contribution is 0.156. The standard InChI is InChI=1S/C13H12ClFN4O2/c14-10-2-1-3-11(15)9(10)6-19-12(16-8-17-19)7-18-4-5-21-13(18)20/h1-3,8H,4-7H2. The van der Waals surface area contributed by atoms with E-state index in [1.807, 2.05) is 0 Å². The molecule has 6 nitrogen and oxygen atoms in total. The fraction of sp³-hybridized carbons (Fsp3) is 0.308. The summed E-state index contributed by atoms with van der Waals surface area (Å²) in [7, 11) is 0. The average Bonchev–Trinajstić information content (AvgIpc) is 3.05. The molecule has 0 N–H and O–H groups in total. The van der Waals surface area contributed by atoms with Crippen molar-refractivity contribution >= 4 is 17.7 Å². The second-order valence-electron chi connectivity index (χ2n) is 4.57. The molecule has 2 heterocycles. The number of cyclic esters (lactones) is 1. The summed E-state index contributed by atoms with van der Waals surface area (Å²) in [5.74, 6) is 0.151. The molecular formula is C13H12ClFN4O2. The van der Waals surface area contributed by atoms with Crippen LogP contribution in [0.15, 0.2) is 24.5 Å². The fourth-order valence-electron chi connectivity index (χ4n) is 2.12. The first-order chi connectivity index (χ1) is 10.1. The minimum Gasteiger partial charge on any atom is -0.448 e. The molecule has 1 aliphatic heterocycles. The van der Waals surface area contributed by atoms with Gasteiger partial charge in [0, 0.05) is 10.6 Å². The molecule has 0 saturated carbocycles. The van der Waals surface area contributed by atoms with Crippen molar-refractivity contribution in [2.24, 2.45) is 0 Å². The van der Waals surface area contributed by atoms with Gasteiger partial charge in [0.25, 0.3) is 0 Å². The van der Waals surface area contributed by atoms with E-state index >= 15 is 0 Å².